The number of nitrogens with zero attached hydrogens (tertiary/aromatic N) is 1. The smallest absolute Gasteiger partial charge is 0.259 e. The van der Waals surface area contributed by atoms with Crippen molar-refractivity contribution in [3.05, 3.63) is 45.7 Å². The van der Waals surface area contributed by atoms with Crippen LogP contribution in [0.1, 0.15) is 18.1 Å². The van der Waals surface area contributed by atoms with Crippen molar-refractivity contribution in [3.8, 4) is 11.5 Å². The summed E-state index contributed by atoms with van der Waals surface area (Å²) >= 11 is 0. The molecule has 0 unspecified atom stereocenters. The Morgan fingerprint density at radius 3 is 2.26 bits per heavy atom. The molecule has 2 heterocycles. The minimum atomic E-state index is -1.18. The standard InChI is InChI=1S/C22H27NO3Si/c1-6-23-19-10-14-7-8-27(4,5)13-15(14)9-17(19)16-11-20(25-2)21(26-3)12-18(16)22(23)24/h9-12H,6-8,13H2,1-5H3. The number of hydrogen-bond donors (Lipinski definition) is 0. The number of hydrogen-bond acceptors (Lipinski definition) is 3. The molecule has 0 bridgehead atoms. The van der Waals surface area contributed by atoms with E-state index in [1.165, 1.54) is 23.2 Å². The van der Waals surface area contributed by atoms with E-state index in [2.05, 4.69) is 25.2 Å². The molecule has 1 aromatic heterocycles. The average molecular weight is 382 g/mol. The molecule has 0 spiro atoms. The fourth-order valence-corrected chi connectivity index (χ4v) is 6.92. The molecule has 0 aliphatic carbocycles. The number of pyridine rings is 1. The van der Waals surface area contributed by atoms with Crippen LogP contribution in [0.3, 0.4) is 0 Å². The van der Waals surface area contributed by atoms with Gasteiger partial charge in [0.05, 0.1) is 33.2 Å². The zero-order valence-electron chi connectivity index (χ0n) is 16.8. The van der Waals surface area contributed by atoms with Gasteiger partial charge in [0.15, 0.2) is 11.5 Å². The van der Waals surface area contributed by atoms with Gasteiger partial charge in [-0.05, 0) is 54.8 Å². The van der Waals surface area contributed by atoms with E-state index in [-0.39, 0.29) is 5.56 Å². The highest BCUT2D eigenvalue weighted by Crippen LogP contribution is 2.37. The van der Waals surface area contributed by atoms with Crippen LogP contribution in [0.15, 0.2) is 29.1 Å². The van der Waals surface area contributed by atoms with Crippen LogP contribution >= 0.6 is 0 Å². The highest BCUT2D eigenvalue weighted by molar-refractivity contribution is 6.77. The first-order valence-corrected chi connectivity index (χ1v) is 13.0. The number of ether oxygens (including phenoxy) is 2. The van der Waals surface area contributed by atoms with E-state index in [0.717, 1.165) is 22.7 Å². The van der Waals surface area contributed by atoms with Crippen LogP contribution in [0, 0.1) is 0 Å². The first-order valence-electron chi connectivity index (χ1n) is 9.62. The molecular weight excluding hydrogens is 354 g/mol. The molecule has 0 N–H and O–H groups in total. The maximum absolute atomic E-state index is 13.2. The number of aromatic nitrogens is 1. The first-order chi connectivity index (χ1) is 12.9. The Hall–Kier alpha value is -2.27. The van der Waals surface area contributed by atoms with Crippen molar-refractivity contribution in [3.63, 3.8) is 0 Å². The van der Waals surface area contributed by atoms with Crippen LogP contribution in [-0.4, -0.2) is 26.9 Å². The van der Waals surface area contributed by atoms with Gasteiger partial charge < -0.3 is 14.0 Å². The molecule has 4 nitrogen and oxygen atoms in total. The number of rotatable bonds is 3. The molecule has 27 heavy (non-hydrogen) atoms. The first kappa shape index (κ1) is 18.1. The molecule has 4 rings (SSSR count). The molecule has 0 saturated carbocycles. The minimum Gasteiger partial charge on any atom is -0.493 e. The van der Waals surface area contributed by atoms with Gasteiger partial charge in [-0.15, -0.1) is 0 Å². The second kappa shape index (κ2) is 6.41. The highest BCUT2D eigenvalue weighted by Gasteiger charge is 2.28. The summed E-state index contributed by atoms with van der Waals surface area (Å²) in [6, 6.07) is 10.9. The van der Waals surface area contributed by atoms with Gasteiger partial charge in [-0.1, -0.05) is 19.1 Å². The van der Waals surface area contributed by atoms with Crippen molar-refractivity contribution < 1.29 is 9.47 Å². The van der Waals surface area contributed by atoms with E-state index >= 15 is 0 Å². The molecule has 5 heteroatoms. The third-order valence-corrected chi connectivity index (χ3v) is 8.90. The number of fused-ring (bicyclic) bond motifs is 4. The Morgan fingerprint density at radius 1 is 0.963 bits per heavy atom. The largest absolute Gasteiger partial charge is 0.493 e. The SMILES string of the molecule is CCn1c(=O)c2cc(OC)c(OC)cc2c2cc3c(cc21)CC[Si](C)(C)C3. The Labute approximate surface area is 160 Å². The van der Waals surface area contributed by atoms with Gasteiger partial charge in [0.2, 0.25) is 0 Å². The van der Waals surface area contributed by atoms with E-state index in [4.69, 9.17) is 9.47 Å². The van der Waals surface area contributed by atoms with E-state index in [1.807, 2.05) is 23.6 Å². The summed E-state index contributed by atoms with van der Waals surface area (Å²) in [4.78, 5) is 13.2. The van der Waals surface area contributed by atoms with Gasteiger partial charge >= 0.3 is 0 Å². The van der Waals surface area contributed by atoms with Gasteiger partial charge in [0.1, 0.15) is 0 Å². The van der Waals surface area contributed by atoms with Gasteiger partial charge in [0, 0.05) is 17.3 Å². The molecule has 0 atom stereocenters. The minimum absolute atomic E-state index is 0.0337. The molecule has 0 amide bonds. The number of aryl methyl sites for hydroxylation is 2. The molecule has 0 fully saturated rings. The summed E-state index contributed by atoms with van der Waals surface area (Å²) < 4.78 is 12.8. The molecular formula is C22H27NO3Si. The summed E-state index contributed by atoms with van der Waals surface area (Å²) in [6.07, 6.45) is 1.13. The number of benzene rings is 2. The average Bonchev–Trinajstić information content (AvgIpc) is 2.65. The van der Waals surface area contributed by atoms with E-state index in [1.54, 1.807) is 14.2 Å². The third kappa shape index (κ3) is 2.85. The third-order valence-electron chi connectivity index (χ3n) is 5.95. The Bertz CT molecular complexity index is 1110. The topological polar surface area (TPSA) is 40.5 Å². The van der Waals surface area contributed by atoms with Gasteiger partial charge in [-0.25, -0.2) is 0 Å². The van der Waals surface area contributed by atoms with E-state index in [9.17, 15) is 4.79 Å². The summed E-state index contributed by atoms with van der Waals surface area (Å²) in [6.45, 7) is 7.62. The van der Waals surface area contributed by atoms with Crippen molar-refractivity contribution in [2.75, 3.05) is 14.2 Å². The predicted molar refractivity (Wildman–Crippen MR) is 114 cm³/mol. The van der Waals surface area contributed by atoms with Crippen molar-refractivity contribution >= 4 is 29.7 Å². The molecule has 1 aliphatic heterocycles. The van der Waals surface area contributed by atoms with Crippen LogP contribution in [0.25, 0.3) is 21.7 Å². The summed E-state index contributed by atoms with van der Waals surface area (Å²) in [5.41, 5.74) is 3.94. The molecule has 2 aromatic carbocycles. The second-order valence-electron chi connectivity index (χ2n) is 8.28. The van der Waals surface area contributed by atoms with Crippen molar-refractivity contribution in [2.24, 2.45) is 0 Å². The van der Waals surface area contributed by atoms with Crippen LogP contribution in [0.5, 0.6) is 11.5 Å². The summed E-state index contributed by atoms with van der Waals surface area (Å²) in [5.74, 6) is 1.25. The molecule has 0 saturated heterocycles. The van der Waals surface area contributed by atoms with E-state index < -0.39 is 8.07 Å². The lowest BCUT2D eigenvalue weighted by atomic mass is 9.98. The van der Waals surface area contributed by atoms with Crippen LogP contribution < -0.4 is 15.0 Å². The molecule has 3 aromatic rings. The molecule has 142 valence electrons. The van der Waals surface area contributed by atoms with Crippen LogP contribution in [0.2, 0.25) is 19.1 Å². The van der Waals surface area contributed by atoms with Crippen LogP contribution in [0.4, 0.5) is 0 Å². The maximum Gasteiger partial charge on any atom is 0.259 e. The maximum atomic E-state index is 13.2. The normalized spacial score (nSPS) is 15.7. The van der Waals surface area contributed by atoms with Crippen LogP contribution in [-0.2, 0) is 19.0 Å². The van der Waals surface area contributed by atoms with Crippen molar-refractivity contribution in [1.82, 2.24) is 4.57 Å². The lowest BCUT2D eigenvalue weighted by molar-refractivity contribution is 0.356. The zero-order valence-corrected chi connectivity index (χ0v) is 17.8. The Balaban J connectivity index is 2.14. The predicted octanol–water partition coefficient (Wildman–Crippen LogP) is 4.54. The molecule has 0 radical (unpaired) electrons. The lowest BCUT2D eigenvalue weighted by Crippen LogP contribution is -2.33. The second-order valence-corrected chi connectivity index (χ2v) is 13.5. The van der Waals surface area contributed by atoms with Gasteiger partial charge in [-0.2, -0.15) is 0 Å². The quantitative estimate of drug-likeness (QED) is 0.494. The van der Waals surface area contributed by atoms with Crippen molar-refractivity contribution in [2.45, 2.75) is 45.1 Å². The zero-order chi connectivity index (χ0) is 19.3. The Kier molecular flexibility index (Phi) is 4.30. The highest BCUT2D eigenvalue weighted by atomic mass is 28.3. The lowest BCUT2D eigenvalue weighted by Gasteiger charge is -2.30. The monoisotopic (exact) mass is 381 g/mol. The van der Waals surface area contributed by atoms with Crippen molar-refractivity contribution in [1.29, 1.82) is 0 Å². The van der Waals surface area contributed by atoms with Gasteiger partial charge in [0.25, 0.3) is 5.56 Å². The number of methoxy groups -OCH3 is 2. The fraction of sp³-hybridized carbons (Fsp3) is 0.409. The van der Waals surface area contributed by atoms with Gasteiger partial charge in [-0.3, -0.25) is 4.79 Å². The summed E-state index contributed by atoms with van der Waals surface area (Å²) in [5, 5.41) is 2.78. The molecule has 1 aliphatic rings. The summed E-state index contributed by atoms with van der Waals surface area (Å²) in [7, 11) is 2.06. The Morgan fingerprint density at radius 2 is 1.63 bits per heavy atom. The fourth-order valence-electron chi connectivity index (χ4n) is 4.44. The van der Waals surface area contributed by atoms with E-state index in [0.29, 0.717) is 23.4 Å².